The number of methoxy groups -OCH3 is 2. The molecule has 1 aliphatic heterocycles. The monoisotopic (exact) mass is 670 g/mol. The van der Waals surface area contributed by atoms with Gasteiger partial charge >= 0.3 is 0 Å². The molecule has 1 N–H and O–H groups in total. The van der Waals surface area contributed by atoms with Crippen LogP contribution in [-0.2, 0) is 17.9 Å². The van der Waals surface area contributed by atoms with Crippen molar-refractivity contribution in [1.82, 2.24) is 25.1 Å². The Hall–Kier alpha value is -5.01. The van der Waals surface area contributed by atoms with Gasteiger partial charge < -0.3 is 19.4 Å². The summed E-state index contributed by atoms with van der Waals surface area (Å²) in [4.78, 5) is 27.8. The molecule has 0 bridgehead atoms. The summed E-state index contributed by atoms with van der Waals surface area (Å²) in [6, 6.07) is 24.5. The molecule has 0 unspecified atom stereocenters. The third kappa shape index (κ3) is 7.36. The summed E-state index contributed by atoms with van der Waals surface area (Å²) in [6.45, 7) is 0.545. The van der Waals surface area contributed by atoms with Crippen LogP contribution in [0.4, 0.5) is 4.39 Å². The maximum atomic E-state index is 13.7. The van der Waals surface area contributed by atoms with E-state index in [2.05, 4.69) is 15.5 Å². The van der Waals surface area contributed by atoms with Gasteiger partial charge in [0, 0.05) is 12.0 Å². The van der Waals surface area contributed by atoms with Gasteiger partial charge in [0.15, 0.2) is 22.5 Å². The lowest BCUT2D eigenvalue weighted by Crippen LogP contribution is -2.28. The molecule has 0 radical (unpaired) electrons. The molecule has 0 spiro atoms. The lowest BCUT2D eigenvalue weighted by atomic mass is 10.0. The van der Waals surface area contributed by atoms with Gasteiger partial charge in [0.05, 0.1) is 49.7 Å². The number of ether oxygens (including phenoxy) is 2. The zero-order valence-corrected chi connectivity index (χ0v) is 27.3. The van der Waals surface area contributed by atoms with Crippen molar-refractivity contribution < 1.29 is 23.5 Å². The maximum Gasteiger partial charge on any atom is 0.253 e. The van der Waals surface area contributed by atoms with Crippen LogP contribution in [0.5, 0.6) is 11.5 Å². The molecular weight excluding hydrogens is 640 g/mol. The number of carbonyl (C=O) groups excluding carboxylic acids is 2. The second-order valence-corrected chi connectivity index (χ2v) is 12.4. The maximum absolute atomic E-state index is 13.7. The van der Waals surface area contributed by atoms with Crippen LogP contribution in [0.1, 0.15) is 44.6 Å². The van der Waals surface area contributed by atoms with Crippen molar-refractivity contribution >= 4 is 40.6 Å². The number of rotatable bonds is 12. The summed E-state index contributed by atoms with van der Waals surface area (Å²) in [5, 5.41) is 20.4. The average Bonchev–Trinajstić information content (AvgIpc) is 3.87. The van der Waals surface area contributed by atoms with Crippen LogP contribution in [0.25, 0.3) is 0 Å². The third-order valence-corrected chi connectivity index (χ3v) is 9.45. The van der Waals surface area contributed by atoms with Crippen molar-refractivity contribution in [2.45, 2.75) is 30.7 Å². The van der Waals surface area contributed by atoms with Crippen LogP contribution in [0.2, 0.25) is 0 Å². The highest BCUT2D eigenvalue weighted by atomic mass is 32.2. The van der Waals surface area contributed by atoms with Gasteiger partial charge in [-0.2, -0.15) is 5.10 Å². The number of nitrogens with one attached hydrogen (secondary N) is 1. The Balaban J connectivity index is 1.20. The number of thiophene rings is 1. The average molecular weight is 671 g/mol. The van der Waals surface area contributed by atoms with E-state index in [-0.39, 0.29) is 36.0 Å². The van der Waals surface area contributed by atoms with Crippen LogP contribution in [0.3, 0.4) is 0 Å². The van der Waals surface area contributed by atoms with E-state index >= 15 is 0 Å². The SMILES string of the molecule is COc1ccc(C(=O)NCc2nnc(SCC(=O)N3N=C(c4cccs4)C[C@H]3c3ccc(F)cc3)n2Cc2ccccc2)cc1OC. The van der Waals surface area contributed by atoms with E-state index in [0.717, 1.165) is 21.7 Å². The van der Waals surface area contributed by atoms with Crippen LogP contribution in [0, 0.1) is 5.82 Å². The van der Waals surface area contributed by atoms with E-state index < -0.39 is 0 Å². The second-order valence-electron chi connectivity index (χ2n) is 10.5. The van der Waals surface area contributed by atoms with E-state index in [9.17, 15) is 14.0 Å². The molecule has 0 saturated heterocycles. The predicted octanol–water partition coefficient (Wildman–Crippen LogP) is 5.94. The fraction of sp³-hybridized carbons (Fsp3) is 0.206. The smallest absolute Gasteiger partial charge is 0.253 e. The molecule has 10 nitrogen and oxygen atoms in total. The summed E-state index contributed by atoms with van der Waals surface area (Å²) in [5.41, 5.74) is 3.03. The number of carbonyl (C=O) groups is 2. The van der Waals surface area contributed by atoms with Crippen LogP contribution >= 0.6 is 23.1 Å². The van der Waals surface area contributed by atoms with Gasteiger partial charge in [0.25, 0.3) is 11.8 Å². The zero-order chi connectivity index (χ0) is 32.8. The Labute approximate surface area is 279 Å². The van der Waals surface area contributed by atoms with Crippen molar-refractivity contribution in [3.63, 3.8) is 0 Å². The number of halogens is 1. The molecule has 13 heteroatoms. The lowest BCUT2D eigenvalue weighted by molar-refractivity contribution is -0.130. The molecule has 0 fully saturated rings. The van der Waals surface area contributed by atoms with Crippen LogP contribution in [0.15, 0.2) is 101 Å². The normalized spacial score (nSPS) is 14.1. The summed E-state index contributed by atoms with van der Waals surface area (Å²) in [5.74, 6) is 0.674. The predicted molar refractivity (Wildman–Crippen MR) is 178 cm³/mol. The molecule has 1 atom stereocenters. The second kappa shape index (κ2) is 14.6. The van der Waals surface area contributed by atoms with Crippen molar-refractivity contribution in [3.05, 3.63) is 124 Å². The first-order valence-electron chi connectivity index (χ1n) is 14.7. The Bertz CT molecular complexity index is 1880. The molecule has 2 amide bonds. The van der Waals surface area contributed by atoms with E-state index in [1.807, 2.05) is 52.4 Å². The van der Waals surface area contributed by atoms with E-state index in [4.69, 9.17) is 14.6 Å². The van der Waals surface area contributed by atoms with Crippen molar-refractivity contribution in [3.8, 4) is 11.5 Å². The van der Waals surface area contributed by atoms with Crippen LogP contribution in [-0.4, -0.2) is 57.3 Å². The van der Waals surface area contributed by atoms with Crippen molar-refractivity contribution in [2.75, 3.05) is 20.0 Å². The van der Waals surface area contributed by atoms with Gasteiger partial charge in [-0.05, 0) is 52.9 Å². The summed E-state index contributed by atoms with van der Waals surface area (Å²) in [6.07, 6.45) is 0.524. The quantitative estimate of drug-likeness (QED) is 0.164. The van der Waals surface area contributed by atoms with Gasteiger partial charge in [0.1, 0.15) is 5.82 Å². The molecule has 5 aromatic rings. The van der Waals surface area contributed by atoms with Gasteiger partial charge in [-0.1, -0.05) is 60.3 Å². The Morgan fingerprint density at radius 1 is 0.979 bits per heavy atom. The minimum Gasteiger partial charge on any atom is -0.493 e. The van der Waals surface area contributed by atoms with Gasteiger partial charge in [-0.25, -0.2) is 9.40 Å². The molecule has 0 saturated carbocycles. The molecule has 240 valence electrons. The molecule has 47 heavy (non-hydrogen) atoms. The zero-order valence-electron chi connectivity index (χ0n) is 25.6. The molecule has 1 aliphatic rings. The fourth-order valence-electron chi connectivity index (χ4n) is 5.19. The fourth-order valence-corrected chi connectivity index (χ4v) is 6.72. The number of hydrogen-bond acceptors (Lipinski definition) is 9. The first-order valence-corrected chi connectivity index (χ1v) is 16.6. The lowest BCUT2D eigenvalue weighted by Gasteiger charge is -2.22. The minimum absolute atomic E-state index is 0.0455. The van der Waals surface area contributed by atoms with E-state index in [0.29, 0.717) is 41.0 Å². The molecule has 6 rings (SSSR count). The standard InChI is InChI=1S/C34H31FN6O4S2/c1-44-28-15-12-24(17-29(28)45-2)33(43)36-19-31-37-38-34(40(31)20-22-7-4-3-5-8-22)47-21-32(42)41-27(23-10-13-25(35)14-11-23)18-26(39-41)30-9-6-16-46-30/h3-17,27H,18-21H2,1-2H3,(H,36,43)/t27-/m0/s1. The summed E-state index contributed by atoms with van der Waals surface area (Å²) in [7, 11) is 3.04. The highest BCUT2D eigenvalue weighted by Crippen LogP contribution is 2.35. The molecule has 3 heterocycles. The van der Waals surface area contributed by atoms with Gasteiger partial charge in [-0.15, -0.1) is 21.5 Å². The minimum atomic E-state index is -0.356. The van der Waals surface area contributed by atoms with Gasteiger partial charge in [-0.3, -0.25) is 9.59 Å². The number of aromatic nitrogens is 3. The number of thioether (sulfide) groups is 1. The molecule has 3 aromatic carbocycles. The number of nitrogens with zero attached hydrogens (tertiary/aromatic N) is 5. The number of hydrazone groups is 1. The highest BCUT2D eigenvalue weighted by Gasteiger charge is 2.33. The Morgan fingerprint density at radius 2 is 1.77 bits per heavy atom. The van der Waals surface area contributed by atoms with E-state index in [1.54, 1.807) is 41.7 Å². The number of hydrogen-bond donors (Lipinski definition) is 1. The third-order valence-electron chi connectivity index (χ3n) is 7.58. The topological polar surface area (TPSA) is 111 Å². The van der Waals surface area contributed by atoms with Crippen LogP contribution < -0.4 is 14.8 Å². The van der Waals surface area contributed by atoms with Crippen molar-refractivity contribution in [2.24, 2.45) is 5.10 Å². The first-order chi connectivity index (χ1) is 22.9. The van der Waals surface area contributed by atoms with Crippen molar-refractivity contribution in [1.29, 1.82) is 0 Å². The largest absolute Gasteiger partial charge is 0.493 e. The summed E-state index contributed by atoms with van der Waals surface area (Å²) < 4.78 is 26.2. The summed E-state index contributed by atoms with van der Waals surface area (Å²) >= 11 is 2.81. The Morgan fingerprint density at radius 3 is 2.49 bits per heavy atom. The van der Waals surface area contributed by atoms with E-state index in [1.165, 1.54) is 43.1 Å². The first kappa shape index (κ1) is 32.0. The molecule has 0 aliphatic carbocycles. The number of amides is 2. The molecular formula is C34H31FN6O4S2. The molecule has 2 aromatic heterocycles. The highest BCUT2D eigenvalue weighted by molar-refractivity contribution is 7.99. The Kier molecular flexibility index (Phi) is 9.93. The van der Waals surface area contributed by atoms with Gasteiger partial charge in [0.2, 0.25) is 0 Å². The number of benzene rings is 3.